The number of benzene rings is 2. The van der Waals surface area contributed by atoms with E-state index in [1.54, 1.807) is 55.5 Å². The molecule has 1 saturated heterocycles. The molecule has 0 aromatic heterocycles. The largest absolute Gasteiger partial charge is 0.456 e. The van der Waals surface area contributed by atoms with Crippen molar-refractivity contribution in [3.63, 3.8) is 0 Å². The molecule has 27 heavy (non-hydrogen) atoms. The van der Waals surface area contributed by atoms with Crippen molar-refractivity contribution in [3.8, 4) is 11.5 Å². The standard InChI is InChI=1S/C20H24N2O4S/c1-2-27(24,25)19-9-4-3-8-18(19)26-16-12-10-15(11-13-16)22-20(23)17-7-5-6-14-21-17/h3-4,8-13,17,21H,2,5-7,14H2,1H3,(H,22,23)/t17-/m0/s1. The molecule has 0 saturated carbocycles. The second kappa shape index (κ2) is 8.54. The summed E-state index contributed by atoms with van der Waals surface area (Å²) in [6, 6.07) is 13.3. The molecule has 1 heterocycles. The normalized spacial score (nSPS) is 17.3. The van der Waals surface area contributed by atoms with Gasteiger partial charge < -0.3 is 15.4 Å². The molecule has 7 heteroatoms. The Labute approximate surface area is 159 Å². The Morgan fingerprint density at radius 1 is 1.15 bits per heavy atom. The molecule has 0 bridgehead atoms. The van der Waals surface area contributed by atoms with Crippen molar-refractivity contribution < 1.29 is 17.9 Å². The molecule has 2 N–H and O–H groups in total. The van der Waals surface area contributed by atoms with Crippen LogP contribution in [0.1, 0.15) is 26.2 Å². The minimum absolute atomic E-state index is 0.00749. The van der Waals surface area contributed by atoms with E-state index in [0.717, 1.165) is 25.8 Å². The van der Waals surface area contributed by atoms with Gasteiger partial charge in [-0.1, -0.05) is 25.5 Å². The number of sulfone groups is 1. The quantitative estimate of drug-likeness (QED) is 0.793. The van der Waals surface area contributed by atoms with E-state index in [4.69, 9.17) is 4.74 Å². The highest BCUT2D eigenvalue weighted by Gasteiger charge is 2.20. The molecule has 2 aromatic carbocycles. The van der Waals surface area contributed by atoms with Gasteiger partial charge in [0.05, 0.1) is 11.8 Å². The van der Waals surface area contributed by atoms with Crippen LogP contribution in [0.25, 0.3) is 0 Å². The summed E-state index contributed by atoms with van der Waals surface area (Å²) in [5.41, 5.74) is 0.675. The van der Waals surface area contributed by atoms with Gasteiger partial charge in [0.1, 0.15) is 16.4 Å². The maximum absolute atomic E-state index is 12.3. The van der Waals surface area contributed by atoms with E-state index < -0.39 is 9.84 Å². The molecule has 0 aliphatic carbocycles. The molecule has 1 aliphatic rings. The summed E-state index contributed by atoms with van der Waals surface area (Å²) in [6.07, 6.45) is 3.00. The number of carbonyl (C=O) groups is 1. The van der Waals surface area contributed by atoms with Crippen LogP contribution >= 0.6 is 0 Å². The van der Waals surface area contributed by atoms with E-state index >= 15 is 0 Å². The van der Waals surface area contributed by atoms with Gasteiger partial charge >= 0.3 is 0 Å². The van der Waals surface area contributed by atoms with Gasteiger partial charge in [-0.2, -0.15) is 0 Å². The van der Waals surface area contributed by atoms with Crippen LogP contribution in [0, 0.1) is 0 Å². The molecule has 144 valence electrons. The van der Waals surface area contributed by atoms with Crippen LogP contribution in [0.4, 0.5) is 5.69 Å². The molecular formula is C20H24N2O4S. The molecule has 2 aromatic rings. The third-order valence-electron chi connectivity index (χ3n) is 4.54. The van der Waals surface area contributed by atoms with E-state index in [1.807, 2.05) is 0 Å². The van der Waals surface area contributed by atoms with Crippen LogP contribution in [0.15, 0.2) is 53.4 Å². The SMILES string of the molecule is CCS(=O)(=O)c1ccccc1Oc1ccc(NC(=O)[C@@H]2CCCCN2)cc1. The number of carbonyl (C=O) groups excluding carboxylic acids is 1. The number of ether oxygens (including phenoxy) is 1. The van der Waals surface area contributed by atoms with E-state index in [1.165, 1.54) is 0 Å². The minimum atomic E-state index is -3.37. The number of para-hydroxylation sites is 1. The van der Waals surface area contributed by atoms with Gasteiger partial charge in [-0.25, -0.2) is 8.42 Å². The smallest absolute Gasteiger partial charge is 0.241 e. The lowest BCUT2D eigenvalue weighted by Crippen LogP contribution is -2.43. The van der Waals surface area contributed by atoms with Gasteiger partial charge in [0, 0.05) is 5.69 Å². The molecule has 1 atom stereocenters. The highest BCUT2D eigenvalue weighted by atomic mass is 32.2. The second-order valence-electron chi connectivity index (χ2n) is 6.47. The number of amides is 1. The van der Waals surface area contributed by atoms with Crippen molar-refractivity contribution in [3.05, 3.63) is 48.5 Å². The third kappa shape index (κ3) is 4.87. The molecule has 0 radical (unpaired) electrons. The fourth-order valence-corrected chi connectivity index (χ4v) is 4.00. The maximum atomic E-state index is 12.3. The van der Waals surface area contributed by atoms with Crippen LogP contribution in [0.2, 0.25) is 0 Å². The lowest BCUT2D eigenvalue weighted by Gasteiger charge is -2.22. The Morgan fingerprint density at radius 2 is 1.89 bits per heavy atom. The molecule has 1 aliphatic heterocycles. The third-order valence-corrected chi connectivity index (χ3v) is 6.31. The van der Waals surface area contributed by atoms with Crippen molar-refractivity contribution in [2.45, 2.75) is 37.1 Å². The summed E-state index contributed by atoms with van der Waals surface area (Å²) in [5, 5.41) is 6.11. The van der Waals surface area contributed by atoms with Gasteiger partial charge in [0.15, 0.2) is 9.84 Å². The highest BCUT2D eigenvalue weighted by molar-refractivity contribution is 7.91. The molecule has 6 nitrogen and oxygen atoms in total. The number of hydrogen-bond donors (Lipinski definition) is 2. The molecule has 0 spiro atoms. The Hall–Kier alpha value is -2.38. The molecular weight excluding hydrogens is 364 g/mol. The molecule has 1 fully saturated rings. The lowest BCUT2D eigenvalue weighted by atomic mass is 10.0. The van der Waals surface area contributed by atoms with Crippen LogP contribution in [0.3, 0.4) is 0 Å². The number of anilines is 1. The first-order valence-electron chi connectivity index (χ1n) is 9.13. The van der Waals surface area contributed by atoms with Crippen molar-refractivity contribution in [1.82, 2.24) is 5.32 Å². The number of nitrogens with one attached hydrogen (secondary N) is 2. The minimum Gasteiger partial charge on any atom is -0.456 e. The second-order valence-corrected chi connectivity index (χ2v) is 8.72. The summed E-state index contributed by atoms with van der Waals surface area (Å²) in [5.74, 6) is 0.765. The van der Waals surface area contributed by atoms with Crippen molar-refractivity contribution in [2.75, 3.05) is 17.6 Å². The van der Waals surface area contributed by atoms with Crippen molar-refractivity contribution in [2.24, 2.45) is 0 Å². The zero-order valence-corrected chi connectivity index (χ0v) is 16.1. The van der Waals surface area contributed by atoms with Gasteiger partial charge in [0.2, 0.25) is 5.91 Å². The lowest BCUT2D eigenvalue weighted by molar-refractivity contribution is -0.118. The Morgan fingerprint density at radius 3 is 2.56 bits per heavy atom. The summed E-state index contributed by atoms with van der Waals surface area (Å²) in [7, 11) is -3.37. The van der Waals surface area contributed by atoms with Crippen LogP contribution < -0.4 is 15.4 Å². The zero-order valence-electron chi connectivity index (χ0n) is 15.3. The predicted octanol–water partition coefficient (Wildman–Crippen LogP) is 3.35. The maximum Gasteiger partial charge on any atom is 0.241 e. The predicted molar refractivity (Wildman–Crippen MR) is 105 cm³/mol. The number of piperidine rings is 1. The van der Waals surface area contributed by atoms with Gasteiger partial charge in [0.25, 0.3) is 0 Å². The summed E-state index contributed by atoms with van der Waals surface area (Å²) >= 11 is 0. The fraction of sp³-hybridized carbons (Fsp3) is 0.350. The molecule has 0 unspecified atom stereocenters. The van der Waals surface area contributed by atoms with Gasteiger partial charge in [-0.3, -0.25) is 4.79 Å². The summed E-state index contributed by atoms with van der Waals surface area (Å²) < 4.78 is 30.2. The topological polar surface area (TPSA) is 84.5 Å². The van der Waals surface area contributed by atoms with Gasteiger partial charge in [-0.15, -0.1) is 0 Å². The van der Waals surface area contributed by atoms with E-state index in [9.17, 15) is 13.2 Å². The fourth-order valence-electron chi connectivity index (χ4n) is 2.99. The van der Waals surface area contributed by atoms with Crippen LogP contribution in [0.5, 0.6) is 11.5 Å². The van der Waals surface area contributed by atoms with Crippen LogP contribution in [-0.4, -0.2) is 32.7 Å². The Balaban J connectivity index is 1.69. The van der Waals surface area contributed by atoms with Crippen molar-refractivity contribution in [1.29, 1.82) is 0 Å². The van der Waals surface area contributed by atoms with Crippen molar-refractivity contribution >= 4 is 21.4 Å². The Bertz CT molecular complexity index is 888. The van der Waals surface area contributed by atoms with E-state index in [2.05, 4.69) is 10.6 Å². The average Bonchev–Trinajstić information content (AvgIpc) is 2.70. The summed E-state index contributed by atoms with van der Waals surface area (Å²) in [4.78, 5) is 12.4. The molecule has 1 amide bonds. The Kier molecular flexibility index (Phi) is 6.13. The van der Waals surface area contributed by atoms with Gasteiger partial charge in [-0.05, 0) is 55.8 Å². The highest BCUT2D eigenvalue weighted by Crippen LogP contribution is 2.30. The summed E-state index contributed by atoms with van der Waals surface area (Å²) in [6.45, 7) is 2.47. The number of hydrogen-bond acceptors (Lipinski definition) is 5. The molecule has 3 rings (SSSR count). The zero-order chi connectivity index (χ0) is 19.3. The number of rotatable bonds is 6. The van der Waals surface area contributed by atoms with E-state index in [-0.39, 0.29) is 22.6 Å². The first-order valence-corrected chi connectivity index (χ1v) is 10.8. The van der Waals surface area contributed by atoms with Crippen LogP contribution in [-0.2, 0) is 14.6 Å². The monoisotopic (exact) mass is 388 g/mol. The first-order chi connectivity index (χ1) is 13.0. The average molecular weight is 388 g/mol. The first kappa shape index (κ1) is 19.4. The van der Waals surface area contributed by atoms with E-state index in [0.29, 0.717) is 17.2 Å².